The maximum atomic E-state index is 13.9. The van der Waals surface area contributed by atoms with Crippen molar-refractivity contribution in [2.24, 2.45) is 5.92 Å². The van der Waals surface area contributed by atoms with Gasteiger partial charge in [-0.3, -0.25) is 4.79 Å². The third-order valence-corrected chi connectivity index (χ3v) is 5.92. The van der Waals surface area contributed by atoms with Crippen molar-refractivity contribution in [3.63, 3.8) is 0 Å². The Morgan fingerprint density at radius 3 is 2.63 bits per heavy atom. The van der Waals surface area contributed by atoms with Crippen LogP contribution in [0.25, 0.3) is 0 Å². The zero-order valence-corrected chi connectivity index (χ0v) is 17.4. The number of hydrogen-bond acceptors (Lipinski definition) is 4. The summed E-state index contributed by atoms with van der Waals surface area (Å²) >= 11 is 0. The molecule has 0 unspecified atom stereocenters. The van der Waals surface area contributed by atoms with E-state index in [9.17, 15) is 9.18 Å². The minimum absolute atomic E-state index is 0.0115. The molecule has 2 fully saturated rings. The van der Waals surface area contributed by atoms with Gasteiger partial charge in [-0.1, -0.05) is 12.1 Å². The number of benzene rings is 2. The largest absolute Gasteiger partial charge is 0.494 e. The molecule has 2 aliphatic rings. The lowest BCUT2D eigenvalue weighted by atomic mass is 9.87. The number of anilines is 1. The summed E-state index contributed by atoms with van der Waals surface area (Å²) in [7, 11) is 1.45. The molecule has 0 atom stereocenters. The van der Waals surface area contributed by atoms with Crippen molar-refractivity contribution >= 4 is 11.6 Å². The summed E-state index contributed by atoms with van der Waals surface area (Å²) in [6, 6.07) is 10.9. The summed E-state index contributed by atoms with van der Waals surface area (Å²) < 4.78 is 24.4. The molecule has 0 spiro atoms. The maximum Gasteiger partial charge on any atom is 0.251 e. The van der Waals surface area contributed by atoms with E-state index in [2.05, 4.69) is 16.7 Å². The molecule has 1 saturated carbocycles. The number of rotatable bonds is 8. The SMILES string of the molecule is COc1ccc(CNc2ccc(C3CCOCC3)c(C(=O)NCC3CC3)c2)cc1F. The smallest absolute Gasteiger partial charge is 0.251 e. The van der Waals surface area contributed by atoms with Crippen LogP contribution in [-0.2, 0) is 11.3 Å². The summed E-state index contributed by atoms with van der Waals surface area (Å²) in [6.45, 7) is 2.67. The van der Waals surface area contributed by atoms with Crippen molar-refractivity contribution in [1.29, 1.82) is 0 Å². The summed E-state index contributed by atoms with van der Waals surface area (Å²) in [5, 5.41) is 6.42. The van der Waals surface area contributed by atoms with Gasteiger partial charge in [-0.15, -0.1) is 0 Å². The van der Waals surface area contributed by atoms with Crippen LogP contribution >= 0.6 is 0 Å². The van der Waals surface area contributed by atoms with Gasteiger partial charge in [-0.25, -0.2) is 4.39 Å². The zero-order valence-electron chi connectivity index (χ0n) is 17.4. The number of carbonyl (C=O) groups is 1. The van der Waals surface area contributed by atoms with E-state index in [0.717, 1.165) is 55.0 Å². The number of hydrogen-bond donors (Lipinski definition) is 2. The van der Waals surface area contributed by atoms with Crippen LogP contribution in [0.3, 0.4) is 0 Å². The van der Waals surface area contributed by atoms with E-state index >= 15 is 0 Å². The summed E-state index contributed by atoms with van der Waals surface area (Å²) in [4.78, 5) is 12.9. The lowest BCUT2D eigenvalue weighted by Crippen LogP contribution is -2.28. The molecule has 0 bridgehead atoms. The number of halogens is 1. The molecule has 0 aromatic heterocycles. The topological polar surface area (TPSA) is 59.6 Å². The highest BCUT2D eigenvalue weighted by molar-refractivity contribution is 5.97. The van der Waals surface area contributed by atoms with E-state index in [4.69, 9.17) is 9.47 Å². The quantitative estimate of drug-likeness (QED) is 0.671. The Morgan fingerprint density at radius 1 is 1.13 bits per heavy atom. The lowest BCUT2D eigenvalue weighted by Gasteiger charge is -2.25. The Balaban J connectivity index is 1.50. The highest BCUT2D eigenvalue weighted by Gasteiger charge is 2.25. The van der Waals surface area contributed by atoms with Crippen LogP contribution in [0.2, 0.25) is 0 Å². The fourth-order valence-corrected chi connectivity index (χ4v) is 3.91. The number of carbonyl (C=O) groups excluding carboxylic acids is 1. The molecule has 2 aromatic carbocycles. The Hall–Kier alpha value is -2.60. The van der Waals surface area contributed by atoms with Crippen LogP contribution in [0, 0.1) is 11.7 Å². The van der Waals surface area contributed by atoms with Crippen LogP contribution in [0.4, 0.5) is 10.1 Å². The molecule has 4 rings (SSSR count). The molecule has 1 saturated heterocycles. The van der Waals surface area contributed by atoms with Crippen molar-refractivity contribution < 1.29 is 18.7 Å². The number of ether oxygens (including phenoxy) is 2. The van der Waals surface area contributed by atoms with Crippen molar-refractivity contribution in [3.8, 4) is 5.75 Å². The first kappa shape index (κ1) is 20.7. The van der Waals surface area contributed by atoms with Gasteiger partial charge >= 0.3 is 0 Å². The predicted octanol–water partition coefficient (Wildman–Crippen LogP) is 4.48. The molecule has 1 aliphatic carbocycles. The normalized spacial score (nSPS) is 16.9. The third kappa shape index (κ3) is 5.11. The monoisotopic (exact) mass is 412 g/mol. The van der Waals surface area contributed by atoms with Crippen molar-refractivity contribution in [2.75, 3.05) is 32.2 Å². The average Bonchev–Trinajstić information content (AvgIpc) is 3.61. The Labute approximate surface area is 177 Å². The van der Waals surface area contributed by atoms with Crippen LogP contribution in [0.1, 0.15) is 53.1 Å². The second-order valence-electron chi connectivity index (χ2n) is 8.16. The molecule has 1 aliphatic heterocycles. The lowest BCUT2D eigenvalue weighted by molar-refractivity contribution is 0.0841. The molecule has 2 N–H and O–H groups in total. The van der Waals surface area contributed by atoms with Crippen molar-refractivity contribution in [2.45, 2.75) is 38.1 Å². The van der Waals surface area contributed by atoms with Crippen LogP contribution in [-0.4, -0.2) is 32.8 Å². The third-order valence-electron chi connectivity index (χ3n) is 5.92. The maximum absolute atomic E-state index is 13.9. The van der Waals surface area contributed by atoms with Gasteiger partial charge in [0, 0.05) is 37.6 Å². The summed E-state index contributed by atoms with van der Waals surface area (Å²) in [6.07, 6.45) is 4.27. The van der Waals surface area contributed by atoms with Gasteiger partial charge in [0.15, 0.2) is 11.6 Å². The van der Waals surface area contributed by atoms with E-state index in [1.54, 1.807) is 6.07 Å². The number of amides is 1. The Kier molecular flexibility index (Phi) is 6.53. The van der Waals surface area contributed by atoms with Gasteiger partial charge in [-0.2, -0.15) is 0 Å². The zero-order chi connectivity index (χ0) is 20.9. The first-order chi connectivity index (χ1) is 14.6. The average molecular weight is 413 g/mol. The van der Waals surface area contributed by atoms with Gasteiger partial charge < -0.3 is 20.1 Å². The number of nitrogens with one attached hydrogen (secondary N) is 2. The van der Waals surface area contributed by atoms with Crippen LogP contribution < -0.4 is 15.4 Å². The molecule has 30 heavy (non-hydrogen) atoms. The molecule has 6 heteroatoms. The number of methoxy groups -OCH3 is 1. The fraction of sp³-hybridized carbons (Fsp3) is 0.458. The fourth-order valence-electron chi connectivity index (χ4n) is 3.91. The van der Waals surface area contributed by atoms with Gasteiger partial charge in [0.05, 0.1) is 7.11 Å². The molecular formula is C24H29FN2O3. The molecule has 1 heterocycles. The van der Waals surface area contributed by atoms with Gasteiger partial charge in [0.2, 0.25) is 0 Å². The van der Waals surface area contributed by atoms with Crippen molar-refractivity contribution in [1.82, 2.24) is 5.32 Å². The molecule has 0 radical (unpaired) electrons. The van der Waals surface area contributed by atoms with E-state index in [0.29, 0.717) is 18.4 Å². The molecule has 1 amide bonds. The van der Waals surface area contributed by atoms with Gasteiger partial charge in [0.25, 0.3) is 5.91 Å². The Bertz CT molecular complexity index is 892. The van der Waals surface area contributed by atoms with E-state index in [1.165, 1.54) is 26.0 Å². The minimum Gasteiger partial charge on any atom is -0.494 e. The second kappa shape index (κ2) is 9.47. The minimum atomic E-state index is -0.383. The first-order valence-corrected chi connectivity index (χ1v) is 10.7. The van der Waals surface area contributed by atoms with Crippen molar-refractivity contribution in [3.05, 3.63) is 58.9 Å². The highest BCUT2D eigenvalue weighted by Crippen LogP contribution is 2.32. The van der Waals surface area contributed by atoms with E-state index < -0.39 is 0 Å². The second-order valence-corrected chi connectivity index (χ2v) is 8.16. The molecular weight excluding hydrogens is 383 g/mol. The molecule has 160 valence electrons. The predicted molar refractivity (Wildman–Crippen MR) is 115 cm³/mol. The van der Waals surface area contributed by atoms with Crippen LogP contribution in [0.5, 0.6) is 5.75 Å². The molecule has 2 aromatic rings. The summed E-state index contributed by atoms with van der Waals surface area (Å²) in [5.74, 6) is 0.806. The van der Waals surface area contributed by atoms with E-state index in [-0.39, 0.29) is 17.5 Å². The first-order valence-electron chi connectivity index (χ1n) is 10.7. The van der Waals surface area contributed by atoms with Crippen LogP contribution in [0.15, 0.2) is 36.4 Å². The Morgan fingerprint density at radius 2 is 1.93 bits per heavy atom. The van der Waals surface area contributed by atoms with E-state index in [1.807, 2.05) is 18.2 Å². The van der Waals surface area contributed by atoms with Gasteiger partial charge in [0.1, 0.15) is 0 Å². The summed E-state index contributed by atoms with van der Waals surface area (Å²) in [5.41, 5.74) is 3.47. The molecule has 5 nitrogen and oxygen atoms in total. The standard InChI is InChI=1S/C24H29FN2O3/c1-29-23-7-4-17(12-22(23)25)15-26-19-5-6-20(18-8-10-30-11-9-18)21(13-19)24(28)27-14-16-2-3-16/h4-7,12-13,16,18,26H,2-3,8-11,14-15H2,1H3,(H,27,28). The van der Waals surface area contributed by atoms with Gasteiger partial charge in [-0.05, 0) is 72.9 Å². The highest BCUT2D eigenvalue weighted by atomic mass is 19.1.